The lowest BCUT2D eigenvalue weighted by molar-refractivity contribution is 1.10. The fraction of sp³-hybridized carbons (Fsp3) is 0. The largest absolute Gasteiger partial charge is 0.309 e. The Morgan fingerprint density at radius 1 is 0.488 bits per heavy atom. The Labute approximate surface area is 250 Å². The third kappa shape index (κ3) is 3.67. The van der Waals surface area contributed by atoms with E-state index >= 15 is 0 Å². The van der Waals surface area contributed by atoms with Crippen LogP contribution >= 0.6 is 11.3 Å². The molecule has 0 saturated heterocycles. The summed E-state index contributed by atoms with van der Waals surface area (Å²) in [7, 11) is 0. The normalized spacial score (nSPS) is 11.7. The first-order chi connectivity index (χ1) is 21.3. The minimum atomic E-state index is 0.886. The van der Waals surface area contributed by atoms with E-state index in [-0.39, 0.29) is 0 Å². The monoisotopic (exact) mass is 569 g/mol. The second-order valence-electron chi connectivity index (χ2n) is 10.6. The quantitative estimate of drug-likeness (QED) is 0.212. The van der Waals surface area contributed by atoms with Crippen LogP contribution in [0.25, 0.3) is 76.1 Å². The number of hydrogen-bond donors (Lipinski definition) is 0. The van der Waals surface area contributed by atoms with Gasteiger partial charge in [-0.3, -0.25) is 4.98 Å². The van der Waals surface area contributed by atoms with Gasteiger partial charge >= 0.3 is 0 Å². The van der Waals surface area contributed by atoms with E-state index in [2.05, 4.69) is 135 Å². The van der Waals surface area contributed by atoms with E-state index < -0.39 is 0 Å². The first-order valence-electron chi connectivity index (χ1n) is 14.2. The van der Waals surface area contributed by atoms with Gasteiger partial charge in [0.05, 0.1) is 34.0 Å². The predicted molar refractivity (Wildman–Crippen MR) is 177 cm³/mol. The van der Waals surface area contributed by atoms with Crippen LogP contribution in [0.5, 0.6) is 0 Å². The summed E-state index contributed by atoms with van der Waals surface area (Å²) in [6, 6.07) is 44.8. The van der Waals surface area contributed by atoms with Gasteiger partial charge in [0.25, 0.3) is 0 Å². The molecule has 0 atom stereocenters. The van der Waals surface area contributed by atoms with E-state index in [9.17, 15) is 0 Å². The van der Waals surface area contributed by atoms with Crippen LogP contribution in [-0.4, -0.2) is 24.3 Å². The van der Waals surface area contributed by atoms with Crippen LogP contribution in [0.15, 0.2) is 140 Å². The van der Waals surface area contributed by atoms with E-state index in [4.69, 9.17) is 10.2 Å². The minimum absolute atomic E-state index is 0.886. The van der Waals surface area contributed by atoms with Crippen LogP contribution in [0.3, 0.4) is 0 Å². The molecule has 43 heavy (non-hydrogen) atoms. The Balaban J connectivity index is 1.24. The minimum Gasteiger partial charge on any atom is -0.309 e. The van der Waals surface area contributed by atoms with Gasteiger partial charge in [-0.05, 0) is 48.5 Å². The first kappa shape index (κ1) is 24.1. The van der Waals surface area contributed by atoms with Gasteiger partial charge in [0.15, 0.2) is 0 Å². The van der Waals surface area contributed by atoms with Gasteiger partial charge < -0.3 is 9.13 Å². The number of fused-ring (bicyclic) bond motifs is 6. The van der Waals surface area contributed by atoms with Gasteiger partial charge in [-0.1, -0.05) is 90.2 Å². The van der Waals surface area contributed by atoms with Gasteiger partial charge in [-0.15, -0.1) is 10.2 Å². The van der Waals surface area contributed by atoms with Gasteiger partial charge in [-0.2, -0.15) is 0 Å². The second kappa shape index (κ2) is 9.48. The van der Waals surface area contributed by atoms with Gasteiger partial charge in [0.2, 0.25) is 0 Å². The van der Waals surface area contributed by atoms with E-state index in [1.165, 1.54) is 27.1 Å². The van der Waals surface area contributed by atoms with Crippen molar-refractivity contribution in [3.8, 4) is 32.5 Å². The van der Waals surface area contributed by atoms with Crippen molar-refractivity contribution in [1.82, 2.24) is 24.3 Å². The molecule has 5 nitrogen and oxygen atoms in total. The van der Waals surface area contributed by atoms with Crippen molar-refractivity contribution >= 4 is 54.9 Å². The number of benzene rings is 5. The second-order valence-corrected chi connectivity index (χ2v) is 11.6. The molecule has 4 heterocycles. The Kier molecular flexibility index (Phi) is 5.30. The van der Waals surface area contributed by atoms with Gasteiger partial charge in [0.1, 0.15) is 10.0 Å². The molecule has 0 N–H and O–H groups in total. The van der Waals surface area contributed by atoms with Gasteiger partial charge in [-0.25, -0.2) is 0 Å². The standard InChI is InChI=1S/C37H23N5S/c1-2-10-25(11-3-1)41-32-17-6-4-13-27(32)29-20-19-24(22-34(29)41)36-39-40-37(43-36)31-16-8-15-30-28-14-5-7-18-33(28)42(35(30)31)26-12-9-21-38-23-26/h1-23H. The molecule has 0 aliphatic carbocycles. The maximum absolute atomic E-state index is 4.75. The highest BCUT2D eigenvalue weighted by Crippen LogP contribution is 2.41. The summed E-state index contributed by atoms with van der Waals surface area (Å²) in [5, 5.41) is 16.1. The summed E-state index contributed by atoms with van der Waals surface area (Å²) in [5.41, 5.74) is 8.86. The fourth-order valence-corrected chi connectivity index (χ4v) is 7.22. The summed E-state index contributed by atoms with van der Waals surface area (Å²) < 4.78 is 4.63. The first-order valence-corrected chi connectivity index (χ1v) is 15.0. The molecule has 5 aromatic carbocycles. The molecule has 0 aliphatic rings. The Bertz CT molecular complexity index is 2450. The summed E-state index contributed by atoms with van der Waals surface area (Å²) in [5.74, 6) is 0. The number of rotatable bonds is 4. The Morgan fingerprint density at radius 3 is 1.98 bits per heavy atom. The van der Waals surface area contributed by atoms with Crippen LogP contribution in [0.1, 0.15) is 0 Å². The average molecular weight is 570 g/mol. The van der Waals surface area contributed by atoms with Crippen molar-refractivity contribution < 1.29 is 0 Å². The maximum atomic E-state index is 4.75. The summed E-state index contributed by atoms with van der Waals surface area (Å²) in [6.45, 7) is 0. The third-order valence-electron chi connectivity index (χ3n) is 8.19. The van der Waals surface area contributed by atoms with Crippen molar-refractivity contribution in [2.75, 3.05) is 0 Å². The molecule has 202 valence electrons. The summed E-state index contributed by atoms with van der Waals surface area (Å²) in [4.78, 5) is 4.42. The maximum Gasteiger partial charge on any atom is 0.150 e. The lowest BCUT2D eigenvalue weighted by atomic mass is 10.1. The van der Waals surface area contributed by atoms with E-state index in [0.29, 0.717) is 0 Å². The molecule has 0 spiro atoms. The van der Waals surface area contributed by atoms with Crippen molar-refractivity contribution in [2.45, 2.75) is 0 Å². The molecule has 4 aromatic heterocycles. The molecular weight excluding hydrogens is 547 g/mol. The van der Waals surface area contributed by atoms with E-state index in [1.54, 1.807) is 11.3 Å². The average Bonchev–Trinajstić information content (AvgIpc) is 3.78. The Hall–Kier alpha value is -5.59. The van der Waals surface area contributed by atoms with Crippen LogP contribution in [0, 0.1) is 0 Å². The summed E-state index contributed by atoms with van der Waals surface area (Å²) >= 11 is 1.62. The molecule has 0 bridgehead atoms. The molecule has 9 aromatic rings. The van der Waals surface area contributed by atoms with Crippen molar-refractivity contribution in [1.29, 1.82) is 0 Å². The van der Waals surface area contributed by atoms with Crippen molar-refractivity contribution in [2.24, 2.45) is 0 Å². The highest BCUT2D eigenvalue weighted by Gasteiger charge is 2.20. The van der Waals surface area contributed by atoms with E-state index in [0.717, 1.165) is 49.1 Å². The number of para-hydroxylation sites is 4. The highest BCUT2D eigenvalue weighted by molar-refractivity contribution is 7.18. The van der Waals surface area contributed by atoms with Gasteiger partial charge in [0, 0.05) is 44.6 Å². The lowest BCUT2D eigenvalue weighted by Gasteiger charge is -2.09. The number of nitrogens with zero attached hydrogens (tertiary/aromatic N) is 5. The topological polar surface area (TPSA) is 48.5 Å². The zero-order valence-electron chi connectivity index (χ0n) is 22.9. The number of hydrogen-bond acceptors (Lipinski definition) is 4. The molecule has 0 radical (unpaired) electrons. The lowest BCUT2D eigenvalue weighted by Crippen LogP contribution is -1.95. The van der Waals surface area contributed by atoms with Crippen LogP contribution in [-0.2, 0) is 0 Å². The summed E-state index contributed by atoms with van der Waals surface area (Å²) in [6.07, 6.45) is 3.72. The Morgan fingerprint density at radius 2 is 1.16 bits per heavy atom. The molecule has 0 fully saturated rings. The SMILES string of the molecule is c1ccc(-n2c3ccccc3c3ccc(-c4nnc(-c5cccc6c7ccccc7n(-c7cccnc7)c56)s4)cc32)cc1. The molecule has 9 rings (SSSR count). The molecular formula is C37H23N5S. The zero-order valence-corrected chi connectivity index (χ0v) is 23.7. The highest BCUT2D eigenvalue weighted by atomic mass is 32.1. The van der Waals surface area contributed by atoms with E-state index in [1.807, 2.05) is 18.5 Å². The van der Waals surface area contributed by atoms with Crippen LogP contribution < -0.4 is 0 Å². The van der Waals surface area contributed by atoms with Crippen LogP contribution in [0.4, 0.5) is 0 Å². The number of aromatic nitrogens is 5. The molecule has 6 heteroatoms. The third-order valence-corrected chi connectivity index (χ3v) is 9.20. The molecule has 0 saturated carbocycles. The van der Waals surface area contributed by atoms with Crippen LogP contribution in [0.2, 0.25) is 0 Å². The smallest absolute Gasteiger partial charge is 0.150 e. The predicted octanol–water partition coefficient (Wildman–Crippen LogP) is 9.46. The molecule has 0 aliphatic heterocycles. The molecule has 0 unspecified atom stereocenters. The van der Waals surface area contributed by atoms with Crippen molar-refractivity contribution in [3.05, 3.63) is 140 Å². The number of pyridine rings is 1. The zero-order chi connectivity index (χ0) is 28.3. The van der Waals surface area contributed by atoms with Crippen molar-refractivity contribution in [3.63, 3.8) is 0 Å². The molecule has 0 amide bonds. The fourth-order valence-electron chi connectivity index (χ4n) is 6.35.